The summed E-state index contributed by atoms with van der Waals surface area (Å²) in [6, 6.07) is 0. The molecule has 2 saturated carbocycles. The summed E-state index contributed by atoms with van der Waals surface area (Å²) < 4.78 is 5.67. The van der Waals surface area contributed by atoms with Gasteiger partial charge in [0.15, 0.2) is 0 Å². The minimum atomic E-state index is -0.778. The average Bonchev–Trinajstić information content (AvgIpc) is 3.05. The fourth-order valence-electron chi connectivity index (χ4n) is 3.04. The van der Waals surface area contributed by atoms with Crippen LogP contribution < -0.4 is 5.32 Å². The third-order valence-corrected chi connectivity index (χ3v) is 4.21. The molecule has 0 aromatic rings. The summed E-state index contributed by atoms with van der Waals surface area (Å²) in [5.41, 5.74) is 0. The molecule has 2 N–H and O–H groups in total. The lowest BCUT2D eigenvalue weighted by atomic mass is 10.0. The van der Waals surface area contributed by atoms with Gasteiger partial charge in [-0.15, -0.1) is 0 Å². The van der Waals surface area contributed by atoms with Crippen molar-refractivity contribution in [3.05, 3.63) is 0 Å². The number of carbonyl (C=O) groups is 2. The molecule has 0 bridgehead atoms. The van der Waals surface area contributed by atoms with Crippen LogP contribution in [0.2, 0.25) is 0 Å². The lowest BCUT2D eigenvalue weighted by Gasteiger charge is -2.13. The number of hydrogen-bond acceptors (Lipinski definition) is 3. The second kappa shape index (κ2) is 6.89. The average molecular weight is 269 g/mol. The predicted molar refractivity (Wildman–Crippen MR) is 69.7 cm³/mol. The van der Waals surface area contributed by atoms with Gasteiger partial charge in [0.2, 0.25) is 5.91 Å². The van der Waals surface area contributed by atoms with Crippen molar-refractivity contribution < 1.29 is 19.4 Å². The molecule has 2 aliphatic carbocycles. The van der Waals surface area contributed by atoms with Gasteiger partial charge in [0.1, 0.15) is 0 Å². The van der Waals surface area contributed by atoms with E-state index in [1.165, 1.54) is 12.8 Å². The summed E-state index contributed by atoms with van der Waals surface area (Å²) in [6.45, 7) is 1.09. The van der Waals surface area contributed by atoms with E-state index in [2.05, 4.69) is 5.32 Å². The molecule has 0 saturated heterocycles. The second-order valence-electron chi connectivity index (χ2n) is 5.61. The molecule has 2 atom stereocenters. The number of carboxylic acids is 1. The second-order valence-corrected chi connectivity index (χ2v) is 5.61. The Morgan fingerprint density at radius 2 is 1.79 bits per heavy atom. The van der Waals surface area contributed by atoms with E-state index >= 15 is 0 Å². The zero-order valence-corrected chi connectivity index (χ0v) is 11.3. The zero-order valence-electron chi connectivity index (χ0n) is 11.3. The van der Waals surface area contributed by atoms with Crippen LogP contribution in [0.1, 0.15) is 44.9 Å². The van der Waals surface area contributed by atoms with Gasteiger partial charge in [-0.2, -0.15) is 0 Å². The zero-order chi connectivity index (χ0) is 13.7. The van der Waals surface area contributed by atoms with Crippen LogP contribution in [0.3, 0.4) is 0 Å². The Morgan fingerprint density at radius 1 is 1.11 bits per heavy atom. The molecule has 0 heterocycles. The van der Waals surface area contributed by atoms with E-state index in [0.29, 0.717) is 38.5 Å². The fourth-order valence-corrected chi connectivity index (χ4v) is 3.04. The van der Waals surface area contributed by atoms with Crippen LogP contribution in [0.5, 0.6) is 0 Å². The number of amides is 1. The number of carboxylic acid groups (broad SMARTS) is 1. The molecule has 2 fully saturated rings. The van der Waals surface area contributed by atoms with Gasteiger partial charge in [0.05, 0.1) is 18.6 Å². The lowest BCUT2D eigenvalue weighted by molar-refractivity contribution is -0.141. The first-order valence-corrected chi connectivity index (χ1v) is 7.29. The molecule has 0 aromatic carbocycles. The Hall–Kier alpha value is -1.10. The summed E-state index contributed by atoms with van der Waals surface area (Å²) in [5, 5.41) is 11.7. The van der Waals surface area contributed by atoms with Crippen LogP contribution in [0.4, 0.5) is 0 Å². The maximum Gasteiger partial charge on any atom is 0.306 e. The van der Waals surface area contributed by atoms with Gasteiger partial charge in [-0.1, -0.05) is 12.8 Å². The standard InChI is InChI=1S/C14H23NO4/c16-13(10-5-6-11(9-10)14(17)18)15-7-8-19-12-3-1-2-4-12/h10-12H,1-9H2,(H,15,16)(H,17,18)/t10-,11+/m1/s1. The molecular weight excluding hydrogens is 246 g/mol. The molecule has 0 unspecified atom stereocenters. The summed E-state index contributed by atoms with van der Waals surface area (Å²) in [5.74, 6) is -1.27. The molecule has 5 nitrogen and oxygen atoms in total. The van der Waals surface area contributed by atoms with E-state index in [-0.39, 0.29) is 17.7 Å². The van der Waals surface area contributed by atoms with Crippen molar-refractivity contribution in [2.45, 2.75) is 51.0 Å². The van der Waals surface area contributed by atoms with Gasteiger partial charge >= 0.3 is 5.97 Å². The first-order chi connectivity index (χ1) is 9.16. The highest BCUT2D eigenvalue weighted by Crippen LogP contribution is 2.31. The van der Waals surface area contributed by atoms with E-state index in [1.807, 2.05) is 0 Å². The maximum atomic E-state index is 11.8. The Bertz CT molecular complexity index is 325. The number of ether oxygens (including phenoxy) is 1. The highest BCUT2D eigenvalue weighted by atomic mass is 16.5. The quantitative estimate of drug-likeness (QED) is 0.718. The van der Waals surface area contributed by atoms with Gasteiger partial charge in [-0.05, 0) is 32.1 Å². The van der Waals surface area contributed by atoms with Gasteiger partial charge in [0.25, 0.3) is 0 Å². The number of nitrogens with one attached hydrogen (secondary N) is 1. The predicted octanol–water partition coefficient (Wildman–Crippen LogP) is 1.56. The van der Waals surface area contributed by atoms with Crippen LogP contribution in [-0.2, 0) is 14.3 Å². The van der Waals surface area contributed by atoms with Crippen molar-refractivity contribution in [3.8, 4) is 0 Å². The Morgan fingerprint density at radius 3 is 2.42 bits per heavy atom. The molecule has 2 aliphatic rings. The molecule has 5 heteroatoms. The minimum Gasteiger partial charge on any atom is -0.481 e. The SMILES string of the molecule is O=C(O)[C@H]1CC[C@@H](C(=O)NCCOC2CCCC2)C1. The molecule has 0 aliphatic heterocycles. The van der Waals surface area contributed by atoms with E-state index < -0.39 is 5.97 Å². The van der Waals surface area contributed by atoms with Gasteiger partial charge in [-0.3, -0.25) is 9.59 Å². The summed E-state index contributed by atoms with van der Waals surface area (Å²) in [6.07, 6.45) is 6.92. The number of rotatable bonds is 6. The highest BCUT2D eigenvalue weighted by Gasteiger charge is 2.33. The molecule has 0 radical (unpaired) electrons. The molecule has 0 spiro atoms. The first-order valence-electron chi connectivity index (χ1n) is 7.29. The van der Waals surface area contributed by atoms with Crippen molar-refractivity contribution in [2.75, 3.05) is 13.2 Å². The first kappa shape index (κ1) is 14.3. The Labute approximate surface area is 113 Å². The van der Waals surface area contributed by atoms with Crippen molar-refractivity contribution in [1.29, 1.82) is 0 Å². The fraction of sp³-hybridized carbons (Fsp3) is 0.857. The topological polar surface area (TPSA) is 75.6 Å². The number of aliphatic carboxylic acids is 1. The van der Waals surface area contributed by atoms with Crippen molar-refractivity contribution in [3.63, 3.8) is 0 Å². The molecule has 19 heavy (non-hydrogen) atoms. The molecule has 2 rings (SSSR count). The van der Waals surface area contributed by atoms with Crippen molar-refractivity contribution >= 4 is 11.9 Å². The van der Waals surface area contributed by atoms with Gasteiger partial charge < -0.3 is 15.2 Å². The Balaban J connectivity index is 1.58. The molecular formula is C14H23NO4. The summed E-state index contributed by atoms with van der Waals surface area (Å²) in [4.78, 5) is 22.7. The van der Waals surface area contributed by atoms with Crippen LogP contribution in [0, 0.1) is 11.8 Å². The maximum absolute atomic E-state index is 11.8. The third-order valence-electron chi connectivity index (χ3n) is 4.21. The molecule has 1 amide bonds. The normalized spacial score (nSPS) is 27.6. The molecule has 108 valence electrons. The van der Waals surface area contributed by atoms with Crippen LogP contribution >= 0.6 is 0 Å². The van der Waals surface area contributed by atoms with Crippen LogP contribution in [-0.4, -0.2) is 36.2 Å². The molecule has 0 aromatic heterocycles. The third kappa shape index (κ3) is 4.20. The van der Waals surface area contributed by atoms with Gasteiger partial charge in [0, 0.05) is 12.5 Å². The Kier molecular flexibility index (Phi) is 5.19. The highest BCUT2D eigenvalue weighted by molar-refractivity contribution is 5.80. The number of carbonyl (C=O) groups excluding carboxylic acids is 1. The summed E-state index contributed by atoms with van der Waals surface area (Å²) in [7, 11) is 0. The van der Waals surface area contributed by atoms with Crippen LogP contribution in [0.15, 0.2) is 0 Å². The van der Waals surface area contributed by atoms with E-state index in [1.54, 1.807) is 0 Å². The van der Waals surface area contributed by atoms with Crippen molar-refractivity contribution in [1.82, 2.24) is 5.32 Å². The number of hydrogen-bond donors (Lipinski definition) is 2. The summed E-state index contributed by atoms with van der Waals surface area (Å²) >= 11 is 0. The van der Waals surface area contributed by atoms with E-state index in [0.717, 1.165) is 12.8 Å². The minimum absolute atomic E-state index is 0.0150. The van der Waals surface area contributed by atoms with Crippen molar-refractivity contribution in [2.24, 2.45) is 11.8 Å². The monoisotopic (exact) mass is 269 g/mol. The van der Waals surface area contributed by atoms with Gasteiger partial charge in [-0.25, -0.2) is 0 Å². The van der Waals surface area contributed by atoms with E-state index in [4.69, 9.17) is 9.84 Å². The smallest absolute Gasteiger partial charge is 0.306 e. The largest absolute Gasteiger partial charge is 0.481 e. The van der Waals surface area contributed by atoms with Crippen LogP contribution in [0.25, 0.3) is 0 Å². The lowest BCUT2D eigenvalue weighted by Crippen LogP contribution is -2.33. The van der Waals surface area contributed by atoms with E-state index in [9.17, 15) is 9.59 Å².